The van der Waals surface area contributed by atoms with Gasteiger partial charge in [-0.1, -0.05) is 42.5 Å². The minimum atomic E-state index is -0.521. The van der Waals surface area contributed by atoms with Gasteiger partial charge in [0.1, 0.15) is 5.75 Å². The Morgan fingerprint density at radius 3 is 2.67 bits per heavy atom. The van der Waals surface area contributed by atoms with Gasteiger partial charge in [0, 0.05) is 19.1 Å². The highest BCUT2D eigenvalue weighted by atomic mass is 16.5. The van der Waals surface area contributed by atoms with E-state index in [1.165, 1.54) is 5.56 Å². The second-order valence-electron chi connectivity index (χ2n) is 6.74. The molecule has 6 heteroatoms. The fraction of sp³-hybridized carbons (Fsp3) is 0.333. The van der Waals surface area contributed by atoms with Crippen molar-refractivity contribution in [2.45, 2.75) is 31.8 Å². The molecule has 1 saturated heterocycles. The van der Waals surface area contributed by atoms with Crippen LogP contribution in [0.5, 0.6) is 5.75 Å². The maximum atomic E-state index is 12.6. The average Bonchev–Trinajstić information content (AvgIpc) is 3.14. The third kappa shape index (κ3) is 5.48. The van der Waals surface area contributed by atoms with E-state index in [9.17, 15) is 9.59 Å². The maximum absolute atomic E-state index is 12.6. The van der Waals surface area contributed by atoms with E-state index in [4.69, 9.17) is 10.5 Å². The lowest BCUT2D eigenvalue weighted by Crippen LogP contribution is -2.43. The first-order valence-corrected chi connectivity index (χ1v) is 9.20. The summed E-state index contributed by atoms with van der Waals surface area (Å²) < 4.78 is 5.30. The van der Waals surface area contributed by atoms with Crippen molar-refractivity contribution in [3.8, 4) is 5.75 Å². The van der Waals surface area contributed by atoms with Crippen molar-refractivity contribution in [2.75, 3.05) is 13.2 Å². The number of benzene rings is 2. The van der Waals surface area contributed by atoms with Crippen LogP contribution in [0.2, 0.25) is 0 Å². The summed E-state index contributed by atoms with van der Waals surface area (Å²) in [6, 6.07) is 17.7. The van der Waals surface area contributed by atoms with Crippen molar-refractivity contribution in [1.29, 1.82) is 0 Å². The minimum Gasteiger partial charge on any atom is -0.484 e. The monoisotopic (exact) mass is 367 g/mol. The molecular formula is C21H25N3O3. The molecule has 2 aromatic rings. The lowest BCUT2D eigenvalue weighted by Gasteiger charge is -2.25. The van der Waals surface area contributed by atoms with Gasteiger partial charge >= 0.3 is 6.03 Å². The minimum absolute atomic E-state index is 0.0445. The standard InChI is InChI=1S/C21H25N3O3/c22-20(25)15-27-19-10-4-8-17(13-19)14-23-21(26)24-11-5-9-18(24)12-16-6-2-1-3-7-16/h1-4,6-8,10,13,18H,5,9,11-12,14-15H2,(H2,22,25)(H,23,26). The number of primary amides is 1. The summed E-state index contributed by atoms with van der Waals surface area (Å²) in [6.07, 6.45) is 2.94. The van der Waals surface area contributed by atoms with Gasteiger partial charge in [0.2, 0.25) is 0 Å². The number of nitrogens with two attached hydrogens (primary N) is 1. The molecule has 0 spiro atoms. The molecular weight excluding hydrogens is 342 g/mol. The van der Waals surface area contributed by atoms with E-state index in [1.807, 2.05) is 35.2 Å². The molecule has 1 atom stereocenters. The molecule has 3 amide bonds. The van der Waals surface area contributed by atoms with Crippen LogP contribution in [-0.2, 0) is 17.8 Å². The van der Waals surface area contributed by atoms with Gasteiger partial charge in [0.25, 0.3) is 5.91 Å². The van der Waals surface area contributed by atoms with Crippen LogP contribution in [0.15, 0.2) is 54.6 Å². The van der Waals surface area contributed by atoms with Crippen molar-refractivity contribution in [3.05, 3.63) is 65.7 Å². The SMILES string of the molecule is NC(=O)COc1cccc(CNC(=O)N2CCCC2Cc2ccccc2)c1. The van der Waals surface area contributed by atoms with Gasteiger partial charge < -0.3 is 20.7 Å². The molecule has 0 bridgehead atoms. The number of likely N-dealkylation sites (tertiary alicyclic amines) is 1. The first-order valence-electron chi connectivity index (χ1n) is 9.20. The highest BCUT2D eigenvalue weighted by molar-refractivity contribution is 5.75. The first kappa shape index (κ1) is 18.8. The summed E-state index contributed by atoms with van der Waals surface area (Å²) in [5.41, 5.74) is 7.25. The average molecular weight is 367 g/mol. The lowest BCUT2D eigenvalue weighted by molar-refractivity contribution is -0.119. The Bertz CT molecular complexity index is 779. The van der Waals surface area contributed by atoms with E-state index in [0.717, 1.165) is 31.4 Å². The highest BCUT2D eigenvalue weighted by Crippen LogP contribution is 2.21. The van der Waals surface area contributed by atoms with Crippen molar-refractivity contribution in [1.82, 2.24) is 10.2 Å². The van der Waals surface area contributed by atoms with Gasteiger partial charge in [-0.05, 0) is 42.5 Å². The van der Waals surface area contributed by atoms with Crippen LogP contribution in [0.3, 0.4) is 0 Å². The number of carbonyl (C=O) groups excluding carboxylic acids is 2. The Labute approximate surface area is 159 Å². The number of urea groups is 1. The third-order valence-electron chi connectivity index (χ3n) is 4.68. The fourth-order valence-electron chi connectivity index (χ4n) is 3.38. The van der Waals surface area contributed by atoms with Gasteiger partial charge in [-0.25, -0.2) is 4.79 Å². The molecule has 0 radical (unpaired) electrons. The van der Waals surface area contributed by atoms with E-state index < -0.39 is 5.91 Å². The summed E-state index contributed by atoms with van der Waals surface area (Å²) in [7, 11) is 0. The number of hydrogen-bond acceptors (Lipinski definition) is 3. The molecule has 0 aliphatic carbocycles. The second kappa shape index (κ2) is 9.07. The third-order valence-corrected chi connectivity index (χ3v) is 4.68. The Morgan fingerprint density at radius 1 is 1.11 bits per heavy atom. The number of ether oxygens (including phenoxy) is 1. The van der Waals surface area contributed by atoms with Crippen LogP contribution in [0.4, 0.5) is 4.79 Å². The predicted molar refractivity (Wildman–Crippen MR) is 103 cm³/mol. The van der Waals surface area contributed by atoms with Crippen molar-refractivity contribution in [3.63, 3.8) is 0 Å². The van der Waals surface area contributed by atoms with Crippen LogP contribution in [-0.4, -0.2) is 36.0 Å². The van der Waals surface area contributed by atoms with E-state index in [-0.39, 0.29) is 18.7 Å². The van der Waals surface area contributed by atoms with Crippen molar-refractivity contribution < 1.29 is 14.3 Å². The summed E-state index contributed by atoms with van der Waals surface area (Å²) >= 11 is 0. The summed E-state index contributed by atoms with van der Waals surface area (Å²) in [4.78, 5) is 25.4. The summed E-state index contributed by atoms with van der Waals surface area (Å²) in [5.74, 6) is 0.0378. The lowest BCUT2D eigenvalue weighted by atomic mass is 10.0. The summed E-state index contributed by atoms with van der Waals surface area (Å²) in [6.45, 7) is 1.02. The van der Waals surface area contributed by atoms with Gasteiger partial charge in [0.15, 0.2) is 6.61 Å². The van der Waals surface area contributed by atoms with Crippen LogP contribution in [0.25, 0.3) is 0 Å². The van der Waals surface area contributed by atoms with Gasteiger partial charge in [-0.15, -0.1) is 0 Å². The zero-order valence-corrected chi connectivity index (χ0v) is 15.3. The molecule has 1 heterocycles. The van der Waals surface area contributed by atoms with Gasteiger partial charge in [0.05, 0.1) is 0 Å². The molecule has 0 saturated carbocycles. The topological polar surface area (TPSA) is 84.7 Å². The number of hydrogen-bond donors (Lipinski definition) is 2. The molecule has 142 valence electrons. The van der Waals surface area contributed by atoms with Gasteiger partial charge in [-0.3, -0.25) is 4.79 Å². The maximum Gasteiger partial charge on any atom is 0.317 e. The zero-order valence-electron chi connectivity index (χ0n) is 15.3. The molecule has 3 rings (SSSR count). The molecule has 6 nitrogen and oxygen atoms in total. The van der Waals surface area contributed by atoms with Crippen molar-refractivity contribution >= 4 is 11.9 Å². The molecule has 1 aliphatic heterocycles. The Kier molecular flexibility index (Phi) is 6.30. The Hall–Kier alpha value is -3.02. The normalized spacial score (nSPS) is 16.1. The number of rotatable bonds is 7. The van der Waals surface area contributed by atoms with Crippen LogP contribution in [0.1, 0.15) is 24.0 Å². The summed E-state index contributed by atoms with van der Waals surface area (Å²) in [5, 5.41) is 2.99. The van der Waals surface area contributed by atoms with Crippen LogP contribution < -0.4 is 15.8 Å². The number of carbonyl (C=O) groups is 2. The van der Waals surface area contributed by atoms with Crippen molar-refractivity contribution in [2.24, 2.45) is 5.73 Å². The zero-order chi connectivity index (χ0) is 19.1. The molecule has 1 aliphatic rings. The highest BCUT2D eigenvalue weighted by Gasteiger charge is 2.28. The Balaban J connectivity index is 1.54. The first-order chi connectivity index (χ1) is 13.1. The molecule has 1 unspecified atom stereocenters. The molecule has 0 aromatic heterocycles. The fourth-order valence-corrected chi connectivity index (χ4v) is 3.38. The van der Waals surface area contributed by atoms with Gasteiger partial charge in [-0.2, -0.15) is 0 Å². The number of amides is 3. The number of nitrogens with one attached hydrogen (secondary N) is 1. The smallest absolute Gasteiger partial charge is 0.317 e. The largest absolute Gasteiger partial charge is 0.484 e. The predicted octanol–water partition coefficient (Wildman–Crippen LogP) is 2.47. The number of nitrogens with zero attached hydrogens (tertiary/aromatic N) is 1. The van der Waals surface area contributed by atoms with E-state index >= 15 is 0 Å². The van der Waals surface area contributed by atoms with E-state index in [1.54, 1.807) is 12.1 Å². The Morgan fingerprint density at radius 2 is 1.89 bits per heavy atom. The van der Waals surface area contributed by atoms with E-state index in [2.05, 4.69) is 17.4 Å². The van der Waals surface area contributed by atoms with E-state index in [0.29, 0.717) is 12.3 Å². The molecule has 3 N–H and O–H groups in total. The second-order valence-corrected chi connectivity index (χ2v) is 6.74. The quantitative estimate of drug-likeness (QED) is 0.788. The molecule has 2 aromatic carbocycles. The molecule has 1 fully saturated rings. The molecule has 27 heavy (non-hydrogen) atoms. The van der Waals surface area contributed by atoms with Crippen LogP contribution >= 0.6 is 0 Å². The van der Waals surface area contributed by atoms with Crippen LogP contribution in [0, 0.1) is 0 Å².